The van der Waals surface area contributed by atoms with Crippen LogP contribution in [0.15, 0.2) is 47.3 Å². The van der Waals surface area contributed by atoms with Gasteiger partial charge in [0.25, 0.3) is 5.91 Å². The third-order valence-corrected chi connectivity index (χ3v) is 2.75. The summed E-state index contributed by atoms with van der Waals surface area (Å²) in [7, 11) is 0. The van der Waals surface area contributed by atoms with Gasteiger partial charge in [-0.2, -0.15) is 0 Å². The lowest BCUT2D eigenvalue weighted by atomic mass is 10.2. The summed E-state index contributed by atoms with van der Waals surface area (Å²) in [6.45, 7) is 4.00. The van der Waals surface area contributed by atoms with Gasteiger partial charge in [0.05, 0.1) is 11.8 Å². The van der Waals surface area contributed by atoms with Gasteiger partial charge in [0.15, 0.2) is 0 Å². The quantitative estimate of drug-likeness (QED) is 0.783. The Morgan fingerprint density at radius 2 is 2.00 bits per heavy atom. The molecule has 2 N–H and O–H groups in total. The molecular formula is C15H18N2O2. The van der Waals surface area contributed by atoms with Gasteiger partial charge >= 0.3 is 0 Å². The molecule has 0 aliphatic heterocycles. The summed E-state index contributed by atoms with van der Waals surface area (Å²) in [5, 5.41) is 6.15. The van der Waals surface area contributed by atoms with E-state index in [0.29, 0.717) is 5.56 Å². The molecule has 2 aromatic rings. The number of amides is 1. The summed E-state index contributed by atoms with van der Waals surface area (Å²) in [5.74, 6) is -0.161. The van der Waals surface area contributed by atoms with E-state index < -0.39 is 0 Å². The highest BCUT2D eigenvalue weighted by molar-refractivity contribution is 6.03. The predicted octanol–water partition coefficient (Wildman–Crippen LogP) is 3.03. The van der Waals surface area contributed by atoms with Crippen LogP contribution in [0, 0.1) is 0 Å². The number of hydrogen-bond donors (Lipinski definition) is 2. The Kier molecular flexibility index (Phi) is 4.75. The van der Waals surface area contributed by atoms with Crippen LogP contribution in [0.5, 0.6) is 0 Å². The van der Waals surface area contributed by atoms with Crippen LogP contribution < -0.4 is 10.6 Å². The largest absolute Gasteiger partial charge is 0.472 e. The van der Waals surface area contributed by atoms with E-state index in [1.807, 2.05) is 24.3 Å². The van der Waals surface area contributed by atoms with Crippen LogP contribution in [0.25, 0.3) is 0 Å². The van der Waals surface area contributed by atoms with Crippen LogP contribution in [0.2, 0.25) is 0 Å². The third kappa shape index (κ3) is 3.96. The Morgan fingerprint density at radius 3 is 2.63 bits per heavy atom. The van der Waals surface area contributed by atoms with E-state index in [2.05, 4.69) is 17.6 Å². The van der Waals surface area contributed by atoms with Crippen molar-refractivity contribution in [2.75, 3.05) is 11.9 Å². The topological polar surface area (TPSA) is 54.3 Å². The molecule has 19 heavy (non-hydrogen) atoms. The first-order valence-corrected chi connectivity index (χ1v) is 6.43. The van der Waals surface area contributed by atoms with Gasteiger partial charge in [-0.25, -0.2) is 0 Å². The highest BCUT2D eigenvalue weighted by Crippen LogP contribution is 2.11. The van der Waals surface area contributed by atoms with Crippen LogP contribution in [0.3, 0.4) is 0 Å². The third-order valence-electron chi connectivity index (χ3n) is 2.75. The molecule has 100 valence electrons. The Labute approximate surface area is 112 Å². The van der Waals surface area contributed by atoms with E-state index in [1.165, 1.54) is 18.1 Å². The van der Waals surface area contributed by atoms with Gasteiger partial charge in [0.1, 0.15) is 6.26 Å². The van der Waals surface area contributed by atoms with Crippen molar-refractivity contribution in [1.82, 2.24) is 5.32 Å². The second kappa shape index (κ2) is 6.75. The van der Waals surface area contributed by atoms with Crippen molar-refractivity contribution < 1.29 is 9.21 Å². The summed E-state index contributed by atoms with van der Waals surface area (Å²) in [6.07, 6.45) is 4.04. The van der Waals surface area contributed by atoms with Crippen LogP contribution in [0.4, 0.5) is 5.69 Å². The molecule has 0 aliphatic rings. The van der Waals surface area contributed by atoms with Gasteiger partial charge in [-0.05, 0) is 36.7 Å². The van der Waals surface area contributed by atoms with Gasteiger partial charge in [-0.1, -0.05) is 19.1 Å². The van der Waals surface area contributed by atoms with Gasteiger partial charge in [-0.15, -0.1) is 0 Å². The van der Waals surface area contributed by atoms with Crippen molar-refractivity contribution in [2.24, 2.45) is 0 Å². The molecule has 0 bridgehead atoms. The van der Waals surface area contributed by atoms with E-state index in [-0.39, 0.29) is 5.91 Å². The minimum absolute atomic E-state index is 0.161. The van der Waals surface area contributed by atoms with E-state index >= 15 is 0 Å². The summed E-state index contributed by atoms with van der Waals surface area (Å²) in [4.78, 5) is 11.8. The van der Waals surface area contributed by atoms with Crippen molar-refractivity contribution >= 4 is 11.6 Å². The average Bonchev–Trinajstić information content (AvgIpc) is 2.95. The lowest BCUT2D eigenvalue weighted by Crippen LogP contribution is -2.14. The molecule has 0 unspecified atom stereocenters. The summed E-state index contributed by atoms with van der Waals surface area (Å²) >= 11 is 0. The molecule has 4 nitrogen and oxygen atoms in total. The fraction of sp³-hybridized carbons (Fsp3) is 0.267. The zero-order valence-corrected chi connectivity index (χ0v) is 11.0. The first-order chi connectivity index (χ1) is 9.29. The first-order valence-electron chi connectivity index (χ1n) is 6.43. The smallest absolute Gasteiger partial charge is 0.258 e. The molecule has 4 heteroatoms. The zero-order chi connectivity index (χ0) is 13.5. The minimum atomic E-state index is -0.161. The lowest BCUT2D eigenvalue weighted by molar-refractivity contribution is 0.102. The van der Waals surface area contributed by atoms with E-state index in [9.17, 15) is 4.79 Å². The second-order valence-corrected chi connectivity index (χ2v) is 4.34. The normalized spacial score (nSPS) is 10.4. The van der Waals surface area contributed by atoms with Crippen LogP contribution in [0.1, 0.15) is 29.3 Å². The Balaban J connectivity index is 1.90. The molecule has 0 fully saturated rings. The van der Waals surface area contributed by atoms with E-state index in [4.69, 9.17) is 4.42 Å². The van der Waals surface area contributed by atoms with Crippen molar-refractivity contribution in [3.8, 4) is 0 Å². The first kappa shape index (κ1) is 13.4. The summed E-state index contributed by atoms with van der Waals surface area (Å²) < 4.78 is 4.88. The molecule has 0 saturated carbocycles. The Bertz CT molecular complexity index is 503. The van der Waals surface area contributed by atoms with E-state index in [0.717, 1.165) is 25.2 Å². The van der Waals surface area contributed by atoms with E-state index in [1.54, 1.807) is 6.07 Å². The fourth-order valence-electron chi connectivity index (χ4n) is 1.71. The molecule has 1 heterocycles. The SMILES string of the molecule is CCCNCc1ccc(NC(=O)c2ccoc2)cc1. The monoisotopic (exact) mass is 258 g/mol. The van der Waals surface area contributed by atoms with Crippen molar-refractivity contribution in [3.63, 3.8) is 0 Å². The lowest BCUT2D eigenvalue weighted by Gasteiger charge is -2.06. The highest BCUT2D eigenvalue weighted by atomic mass is 16.3. The highest BCUT2D eigenvalue weighted by Gasteiger charge is 2.06. The van der Waals surface area contributed by atoms with Gasteiger partial charge in [0.2, 0.25) is 0 Å². The number of carbonyl (C=O) groups is 1. The molecule has 0 saturated heterocycles. The van der Waals surface area contributed by atoms with Crippen molar-refractivity contribution in [1.29, 1.82) is 0 Å². The molecule has 0 atom stereocenters. The molecule has 2 rings (SSSR count). The van der Waals surface area contributed by atoms with Crippen molar-refractivity contribution in [2.45, 2.75) is 19.9 Å². The van der Waals surface area contributed by atoms with Gasteiger partial charge in [0, 0.05) is 12.2 Å². The molecule has 1 aromatic heterocycles. The molecular weight excluding hydrogens is 240 g/mol. The second-order valence-electron chi connectivity index (χ2n) is 4.34. The van der Waals surface area contributed by atoms with Crippen LogP contribution >= 0.6 is 0 Å². The summed E-state index contributed by atoms with van der Waals surface area (Å²) in [6, 6.07) is 9.46. The number of hydrogen-bond acceptors (Lipinski definition) is 3. The number of anilines is 1. The number of furan rings is 1. The molecule has 1 amide bonds. The molecule has 0 aliphatic carbocycles. The number of nitrogens with one attached hydrogen (secondary N) is 2. The number of benzene rings is 1. The molecule has 0 radical (unpaired) electrons. The van der Waals surface area contributed by atoms with Crippen LogP contribution in [-0.4, -0.2) is 12.5 Å². The summed E-state index contributed by atoms with van der Waals surface area (Å²) in [5.41, 5.74) is 2.51. The Morgan fingerprint density at radius 1 is 1.21 bits per heavy atom. The minimum Gasteiger partial charge on any atom is -0.472 e. The fourth-order valence-corrected chi connectivity index (χ4v) is 1.71. The number of rotatable bonds is 6. The predicted molar refractivity (Wildman–Crippen MR) is 75.1 cm³/mol. The van der Waals surface area contributed by atoms with Crippen molar-refractivity contribution in [3.05, 3.63) is 54.0 Å². The maximum Gasteiger partial charge on any atom is 0.258 e. The average molecular weight is 258 g/mol. The van der Waals surface area contributed by atoms with Crippen LogP contribution in [-0.2, 0) is 6.54 Å². The maximum absolute atomic E-state index is 11.8. The Hall–Kier alpha value is -2.07. The van der Waals surface area contributed by atoms with Gasteiger partial charge in [-0.3, -0.25) is 4.79 Å². The van der Waals surface area contributed by atoms with Gasteiger partial charge < -0.3 is 15.1 Å². The molecule has 0 spiro atoms. The molecule has 1 aromatic carbocycles. The zero-order valence-electron chi connectivity index (χ0n) is 11.0. The maximum atomic E-state index is 11.8. The standard InChI is InChI=1S/C15H18N2O2/c1-2-8-16-10-12-3-5-14(6-4-12)17-15(18)13-7-9-19-11-13/h3-7,9,11,16H,2,8,10H2,1H3,(H,17,18). The number of carbonyl (C=O) groups excluding carboxylic acids is 1.